The Labute approximate surface area is 165 Å². The van der Waals surface area contributed by atoms with E-state index >= 15 is 0 Å². The Morgan fingerprint density at radius 2 is 1.89 bits per heavy atom. The van der Waals surface area contributed by atoms with Crippen LogP contribution in [0.2, 0.25) is 5.02 Å². The van der Waals surface area contributed by atoms with Crippen molar-refractivity contribution >= 4 is 55.5 Å². The number of carbonyl (C=O) groups excluding carboxylic acids is 1. The van der Waals surface area contributed by atoms with Gasteiger partial charge in [0, 0.05) is 34.4 Å². The molecule has 0 radical (unpaired) electrons. The molecule has 0 bridgehead atoms. The fraction of sp³-hybridized carbons (Fsp3) is 0.143. The van der Waals surface area contributed by atoms with Gasteiger partial charge in [-0.25, -0.2) is 0 Å². The van der Waals surface area contributed by atoms with Gasteiger partial charge < -0.3 is 9.47 Å². The minimum Gasteiger partial charge on any atom is -0.311 e. The SMILES string of the molecule is CCn1c(=O)c2cc(C(=O)N(C)c3cccc(Cl)c3)sc2c2ccccc21. The fourth-order valence-corrected chi connectivity index (χ4v) is 4.64. The van der Waals surface area contributed by atoms with E-state index in [2.05, 4.69) is 0 Å². The zero-order valence-corrected chi connectivity index (χ0v) is 16.5. The van der Waals surface area contributed by atoms with E-state index in [0.717, 1.165) is 15.6 Å². The molecule has 4 rings (SSSR count). The Morgan fingerprint density at radius 1 is 1.11 bits per heavy atom. The Hall–Kier alpha value is -2.63. The molecule has 6 heteroatoms. The van der Waals surface area contributed by atoms with Crippen LogP contribution in [0.5, 0.6) is 0 Å². The normalized spacial score (nSPS) is 11.2. The molecule has 2 heterocycles. The van der Waals surface area contributed by atoms with Crippen LogP contribution in [0.25, 0.3) is 21.0 Å². The summed E-state index contributed by atoms with van der Waals surface area (Å²) in [6, 6.07) is 16.7. The first-order chi connectivity index (χ1) is 13.0. The van der Waals surface area contributed by atoms with E-state index in [1.54, 1.807) is 40.8 Å². The Bertz CT molecular complexity index is 1240. The highest BCUT2D eigenvalue weighted by Gasteiger charge is 2.20. The third-order valence-corrected chi connectivity index (χ3v) is 6.07. The molecule has 27 heavy (non-hydrogen) atoms. The average Bonchev–Trinajstić information content (AvgIpc) is 3.13. The highest BCUT2D eigenvalue weighted by Crippen LogP contribution is 2.32. The number of fused-ring (bicyclic) bond motifs is 3. The van der Waals surface area contributed by atoms with E-state index in [1.807, 2.05) is 37.3 Å². The van der Waals surface area contributed by atoms with Crippen molar-refractivity contribution < 1.29 is 4.79 Å². The maximum absolute atomic E-state index is 13.0. The number of aromatic nitrogens is 1. The molecule has 0 saturated carbocycles. The van der Waals surface area contributed by atoms with Gasteiger partial charge >= 0.3 is 0 Å². The predicted molar refractivity (Wildman–Crippen MR) is 113 cm³/mol. The van der Waals surface area contributed by atoms with Crippen molar-refractivity contribution in [1.82, 2.24) is 4.57 Å². The van der Waals surface area contributed by atoms with E-state index in [4.69, 9.17) is 11.6 Å². The second kappa shape index (κ2) is 6.83. The summed E-state index contributed by atoms with van der Waals surface area (Å²) in [6.07, 6.45) is 0. The van der Waals surface area contributed by atoms with Crippen molar-refractivity contribution in [1.29, 1.82) is 0 Å². The van der Waals surface area contributed by atoms with Gasteiger partial charge in [0.15, 0.2) is 0 Å². The molecule has 0 N–H and O–H groups in total. The number of benzene rings is 2. The molecular formula is C21H17ClN2O2S. The summed E-state index contributed by atoms with van der Waals surface area (Å²) in [4.78, 5) is 28.0. The van der Waals surface area contributed by atoms with Gasteiger partial charge in [-0.05, 0) is 37.3 Å². The zero-order valence-electron chi connectivity index (χ0n) is 14.9. The number of pyridine rings is 1. The molecule has 2 aromatic carbocycles. The molecule has 0 aliphatic heterocycles. The van der Waals surface area contributed by atoms with Crippen LogP contribution < -0.4 is 10.5 Å². The van der Waals surface area contributed by atoms with Crippen LogP contribution in [0.4, 0.5) is 5.69 Å². The van der Waals surface area contributed by atoms with Gasteiger partial charge in [-0.2, -0.15) is 0 Å². The van der Waals surface area contributed by atoms with Gasteiger partial charge in [-0.3, -0.25) is 9.59 Å². The van der Waals surface area contributed by atoms with Crippen molar-refractivity contribution in [2.45, 2.75) is 13.5 Å². The van der Waals surface area contributed by atoms with Crippen LogP contribution in [0.1, 0.15) is 16.6 Å². The second-order valence-corrected chi connectivity index (χ2v) is 7.75. The summed E-state index contributed by atoms with van der Waals surface area (Å²) in [5.41, 5.74) is 1.54. The molecule has 2 aromatic heterocycles. The molecule has 0 atom stereocenters. The molecule has 0 saturated heterocycles. The topological polar surface area (TPSA) is 42.3 Å². The molecule has 0 aliphatic rings. The number of aryl methyl sites for hydroxylation is 1. The Kier molecular flexibility index (Phi) is 4.50. The number of anilines is 1. The average molecular weight is 397 g/mol. The molecule has 0 unspecified atom stereocenters. The largest absolute Gasteiger partial charge is 0.311 e. The van der Waals surface area contributed by atoms with Gasteiger partial charge in [-0.15, -0.1) is 11.3 Å². The van der Waals surface area contributed by atoms with Crippen LogP contribution in [0.3, 0.4) is 0 Å². The zero-order chi connectivity index (χ0) is 19.1. The lowest BCUT2D eigenvalue weighted by Crippen LogP contribution is -2.25. The highest BCUT2D eigenvalue weighted by molar-refractivity contribution is 7.21. The van der Waals surface area contributed by atoms with Crippen LogP contribution >= 0.6 is 22.9 Å². The maximum Gasteiger partial charge on any atom is 0.268 e. The third-order valence-electron chi connectivity index (χ3n) is 4.67. The van der Waals surface area contributed by atoms with Crippen LogP contribution in [-0.4, -0.2) is 17.5 Å². The molecular weight excluding hydrogens is 380 g/mol. The number of carbonyl (C=O) groups is 1. The summed E-state index contributed by atoms with van der Waals surface area (Å²) in [6.45, 7) is 2.53. The summed E-state index contributed by atoms with van der Waals surface area (Å²) < 4.78 is 2.60. The number of amides is 1. The highest BCUT2D eigenvalue weighted by atomic mass is 35.5. The number of hydrogen-bond acceptors (Lipinski definition) is 3. The summed E-state index contributed by atoms with van der Waals surface area (Å²) in [7, 11) is 1.71. The standard InChI is InChI=1S/C21H17ClN2O2S/c1-3-24-17-10-5-4-9-15(17)19-16(20(24)25)12-18(27-19)21(26)23(2)14-8-6-7-13(22)11-14/h4-12H,3H2,1-2H3. The molecule has 0 spiro atoms. The molecule has 0 aliphatic carbocycles. The van der Waals surface area contributed by atoms with Crippen molar-refractivity contribution in [2.75, 3.05) is 11.9 Å². The minimum atomic E-state index is -0.162. The van der Waals surface area contributed by atoms with Crippen LogP contribution in [0.15, 0.2) is 59.4 Å². The van der Waals surface area contributed by atoms with Gasteiger partial charge in [-0.1, -0.05) is 35.9 Å². The second-order valence-electron chi connectivity index (χ2n) is 6.26. The van der Waals surface area contributed by atoms with Gasteiger partial charge in [0.05, 0.1) is 15.8 Å². The van der Waals surface area contributed by atoms with Gasteiger partial charge in [0.25, 0.3) is 11.5 Å². The van der Waals surface area contributed by atoms with Crippen molar-refractivity contribution in [3.8, 4) is 0 Å². The van der Waals surface area contributed by atoms with Crippen LogP contribution in [-0.2, 0) is 6.54 Å². The first kappa shape index (κ1) is 17.8. The number of para-hydroxylation sites is 1. The van der Waals surface area contributed by atoms with Gasteiger partial charge in [0.1, 0.15) is 0 Å². The maximum atomic E-state index is 13.0. The lowest BCUT2D eigenvalue weighted by Gasteiger charge is -2.16. The molecule has 0 fully saturated rings. The number of rotatable bonds is 3. The predicted octanol–water partition coefficient (Wildman–Crippen LogP) is 5.17. The third kappa shape index (κ3) is 2.93. The molecule has 4 aromatic rings. The number of thiophene rings is 1. The van der Waals surface area contributed by atoms with Crippen molar-refractivity contribution in [3.05, 3.63) is 74.9 Å². The quantitative estimate of drug-likeness (QED) is 0.479. The number of hydrogen-bond donors (Lipinski definition) is 0. The Morgan fingerprint density at radius 3 is 2.63 bits per heavy atom. The number of halogens is 1. The van der Waals surface area contributed by atoms with Crippen molar-refractivity contribution in [3.63, 3.8) is 0 Å². The first-order valence-electron chi connectivity index (χ1n) is 8.60. The lowest BCUT2D eigenvalue weighted by atomic mass is 10.1. The van der Waals surface area contributed by atoms with E-state index in [1.165, 1.54) is 11.3 Å². The lowest BCUT2D eigenvalue weighted by molar-refractivity contribution is 0.0997. The van der Waals surface area contributed by atoms with E-state index < -0.39 is 0 Å². The number of nitrogens with zero attached hydrogens (tertiary/aromatic N) is 2. The summed E-state index contributed by atoms with van der Waals surface area (Å²) >= 11 is 7.40. The molecule has 136 valence electrons. The van der Waals surface area contributed by atoms with E-state index in [0.29, 0.717) is 27.5 Å². The fourth-order valence-electron chi connectivity index (χ4n) is 3.29. The van der Waals surface area contributed by atoms with E-state index in [-0.39, 0.29) is 11.5 Å². The van der Waals surface area contributed by atoms with Crippen LogP contribution in [0, 0.1) is 0 Å². The van der Waals surface area contributed by atoms with Crippen molar-refractivity contribution in [2.24, 2.45) is 0 Å². The van der Waals surface area contributed by atoms with E-state index in [9.17, 15) is 9.59 Å². The smallest absolute Gasteiger partial charge is 0.268 e. The minimum absolute atomic E-state index is 0.0630. The summed E-state index contributed by atoms with van der Waals surface area (Å²) in [5.74, 6) is -0.162. The Balaban J connectivity index is 1.89. The monoisotopic (exact) mass is 396 g/mol. The first-order valence-corrected chi connectivity index (χ1v) is 9.79. The van der Waals surface area contributed by atoms with Gasteiger partial charge in [0.2, 0.25) is 0 Å². The summed E-state index contributed by atoms with van der Waals surface area (Å²) in [5, 5.41) is 2.15. The molecule has 4 nitrogen and oxygen atoms in total. The molecule has 1 amide bonds.